The first-order chi connectivity index (χ1) is 9.04. The van der Waals surface area contributed by atoms with Gasteiger partial charge in [-0.25, -0.2) is 9.97 Å². The monoisotopic (exact) mass is 284 g/mol. The molecule has 0 saturated carbocycles. The third-order valence-electron chi connectivity index (χ3n) is 2.60. The summed E-state index contributed by atoms with van der Waals surface area (Å²) in [5.41, 5.74) is 0.881. The predicted molar refractivity (Wildman–Crippen MR) is 77.4 cm³/mol. The van der Waals surface area contributed by atoms with Crippen LogP contribution in [-0.4, -0.2) is 29.0 Å². The Morgan fingerprint density at radius 3 is 2.79 bits per heavy atom. The van der Waals surface area contributed by atoms with Gasteiger partial charge in [0.1, 0.15) is 17.3 Å². The predicted octanol–water partition coefficient (Wildman–Crippen LogP) is 2.27. The Bertz CT molecular complexity index is 423. The quantitative estimate of drug-likeness (QED) is 0.754. The summed E-state index contributed by atoms with van der Waals surface area (Å²) in [5, 5.41) is 6.46. The third kappa shape index (κ3) is 5.42. The van der Waals surface area contributed by atoms with Crippen molar-refractivity contribution in [1.29, 1.82) is 0 Å². The van der Waals surface area contributed by atoms with Crippen LogP contribution in [0.3, 0.4) is 0 Å². The molecule has 0 aliphatic carbocycles. The normalized spacial score (nSPS) is 10.6. The number of anilines is 1. The van der Waals surface area contributed by atoms with E-state index in [4.69, 9.17) is 11.6 Å². The second-order valence-corrected chi connectivity index (χ2v) is 5.08. The van der Waals surface area contributed by atoms with Gasteiger partial charge in [0.15, 0.2) is 0 Å². The fourth-order valence-corrected chi connectivity index (χ4v) is 1.82. The van der Waals surface area contributed by atoms with Crippen molar-refractivity contribution in [2.45, 2.75) is 33.6 Å². The van der Waals surface area contributed by atoms with Crippen LogP contribution in [0.2, 0.25) is 5.15 Å². The highest BCUT2D eigenvalue weighted by Gasteiger charge is 2.08. The molecule has 2 N–H and O–H groups in total. The number of aromatic nitrogens is 2. The number of nitrogens with one attached hydrogen (secondary N) is 2. The minimum atomic E-state index is 0.0411. The Balaban J connectivity index is 2.41. The van der Waals surface area contributed by atoms with Crippen LogP contribution in [-0.2, 0) is 11.2 Å². The molecule has 106 valence electrons. The Hall–Kier alpha value is -1.36. The number of carbonyl (C=O) groups excluding carboxylic acids is 1. The molecule has 5 nitrogen and oxygen atoms in total. The van der Waals surface area contributed by atoms with E-state index >= 15 is 0 Å². The second-order valence-electron chi connectivity index (χ2n) is 4.72. The molecule has 0 aliphatic rings. The van der Waals surface area contributed by atoms with Crippen molar-refractivity contribution in [3.8, 4) is 0 Å². The van der Waals surface area contributed by atoms with E-state index in [9.17, 15) is 4.79 Å². The topological polar surface area (TPSA) is 66.9 Å². The highest BCUT2D eigenvalue weighted by molar-refractivity contribution is 6.30. The van der Waals surface area contributed by atoms with Crippen molar-refractivity contribution in [1.82, 2.24) is 15.3 Å². The van der Waals surface area contributed by atoms with E-state index in [1.807, 2.05) is 6.92 Å². The zero-order chi connectivity index (χ0) is 14.3. The van der Waals surface area contributed by atoms with Gasteiger partial charge in [-0.1, -0.05) is 32.4 Å². The van der Waals surface area contributed by atoms with E-state index in [1.54, 1.807) is 0 Å². The van der Waals surface area contributed by atoms with Crippen LogP contribution in [0.15, 0.2) is 6.33 Å². The number of rotatable bonds is 7. The second kappa shape index (κ2) is 7.94. The maximum atomic E-state index is 11.5. The summed E-state index contributed by atoms with van der Waals surface area (Å²) in [7, 11) is 0. The first-order valence-electron chi connectivity index (χ1n) is 6.54. The van der Waals surface area contributed by atoms with Crippen LogP contribution in [0.25, 0.3) is 0 Å². The zero-order valence-corrected chi connectivity index (χ0v) is 12.4. The van der Waals surface area contributed by atoms with E-state index in [0.29, 0.717) is 36.4 Å². The molecule has 1 aromatic rings. The van der Waals surface area contributed by atoms with Gasteiger partial charge in [0, 0.05) is 25.1 Å². The molecule has 0 bridgehead atoms. The van der Waals surface area contributed by atoms with E-state index in [-0.39, 0.29) is 5.91 Å². The maximum Gasteiger partial charge on any atom is 0.221 e. The molecular formula is C13H21ClN4O. The molecule has 0 aliphatic heterocycles. The standard InChI is InChI=1S/C13H21ClN4O/c1-4-10-12(14)17-8-18-13(10)15-6-5-11(19)16-7-9(2)3/h8-9H,4-7H2,1-3H3,(H,16,19)(H,15,17,18). The first kappa shape index (κ1) is 15.7. The van der Waals surface area contributed by atoms with Crippen molar-refractivity contribution in [2.75, 3.05) is 18.4 Å². The molecule has 19 heavy (non-hydrogen) atoms. The third-order valence-corrected chi connectivity index (χ3v) is 2.92. The van der Waals surface area contributed by atoms with Crippen LogP contribution in [0.5, 0.6) is 0 Å². The first-order valence-corrected chi connectivity index (χ1v) is 6.92. The Kier molecular flexibility index (Phi) is 6.56. The minimum absolute atomic E-state index is 0.0411. The molecule has 0 atom stereocenters. The molecule has 0 aromatic carbocycles. The molecule has 1 heterocycles. The summed E-state index contributed by atoms with van der Waals surface area (Å²) < 4.78 is 0. The molecule has 0 fully saturated rings. The smallest absolute Gasteiger partial charge is 0.221 e. The zero-order valence-electron chi connectivity index (χ0n) is 11.7. The number of halogens is 1. The summed E-state index contributed by atoms with van der Waals surface area (Å²) in [6.45, 7) is 7.36. The maximum absolute atomic E-state index is 11.5. The van der Waals surface area contributed by atoms with Gasteiger partial charge in [0.05, 0.1) is 0 Å². The Labute approximate surface area is 119 Å². The van der Waals surface area contributed by atoms with E-state index < -0.39 is 0 Å². The molecule has 0 spiro atoms. The molecule has 0 unspecified atom stereocenters. The van der Waals surface area contributed by atoms with Gasteiger partial charge in [0.2, 0.25) is 5.91 Å². The van der Waals surface area contributed by atoms with Gasteiger partial charge in [0.25, 0.3) is 0 Å². The van der Waals surface area contributed by atoms with Crippen LogP contribution < -0.4 is 10.6 Å². The highest BCUT2D eigenvalue weighted by atomic mass is 35.5. The van der Waals surface area contributed by atoms with Gasteiger partial charge in [-0.05, 0) is 12.3 Å². The summed E-state index contributed by atoms with van der Waals surface area (Å²) in [6, 6.07) is 0. The molecule has 6 heteroatoms. The van der Waals surface area contributed by atoms with Gasteiger partial charge in [-0.3, -0.25) is 4.79 Å². The van der Waals surface area contributed by atoms with Crippen molar-refractivity contribution in [2.24, 2.45) is 5.92 Å². The van der Waals surface area contributed by atoms with Gasteiger partial charge < -0.3 is 10.6 Å². The summed E-state index contributed by atoms with van der Waals surface area (Å²) in [5.74, 6) is 1.21. The van der Waals surface area contributed by atoms with Gasteiger partial charge >= 0.3 is 0 Å². The molecule has 1 aromatic heterocycles. The van der Waals surface area contributed by atoms with Gasteiger partial charge in [-0.2, -0.15) is 0 Å². The SMILES string of the molecule is CCc1c(Cl)ncnc1NCCC(=O)NCC(C)C. The Morgan fingerprint density at radius 1 is 1.42 bits per heavy atom. The molecule has 0 saturated heterocycles. The lowest BCUT2D eigenvalue weighted by Crippen LogP contribution is -2.28. The largest absolute Gasteiger partial charge is 0.369 e. The highest BCUT2D eigenvalue weighted by Crippen LogP contribution is 2.19. The number of hydrogen-bond donors (Lipinski definition) is 2. The number of hydrogen-bond acceptors (Lipinski definition) is 4. The van der Waals surface area contributed by atoms with Crippen LogP contribution in [0.4, 0.5) is 5.82 Å². The summed E-state index contributed by atoms with van der Waals surface area (Å²) in [6.07, 6.45) is 2.59. The lowest BCUT2D eigenvalue weighted by molar-refractivity contribution is -0.120. The van der Waals surface area contributed by atoms with Gasteiger partial charge in [-0.15, -0.1) is 0 Å². The van der Waals surface area contributed by atoms with E-state index in [1.165, 1.54) is 6.33 Å². The molecule has 1 amide bonds. The van der Waals surface area contributed by atoms with E-state index in [2.05, 4.69) is 34.4 Å². The average molecular weight is 285 g/mol. The number of nitrogens with zero attached hydrogens (tertiary/aromatic N) is 2. The fourth-order valence-electron chi connectivity index (χ4n) is 1.56. The van der Waals surface area contributed by atoms with E-state index in [0.717, 1.165) is 12.0 Å². The summed E-state index contributed by atoms with van der Waals surface area (Å²) >= 11 is 5.99. The van der Waals surface area contributed by atoms with Crippen molar-refractivity contribution < 1.29 is 4.79 Å². The number of amides is 1. The van der Waals surface area contributed by atoms with Crippen LogP contribution in [0, 0.1) is 5.92 Å². The summed E-state index contributed by atoms with van der Waals surface area (Å²) in [4.78, 5) is 19.6. The van der Waals surface area contributed by atoms with Crippen molar-refractivity contribution in [3.63, 3.8) is 0 Å². The number of carbonyl (C=O) groups is 1. The molecule has 1 rings (SSSR count). The van der Waals surface area contributed by atoms with Crippen molar-refractivity contribution in [3.05, 3.63) is 17.0 Å². The lowest BCUT2D eigenvalue weighted by Gasteiger charge is -2.11. The lowest BCUT2D eigenvalue weighted by atomic mass is 10.2. The minimum Gasteiger partial charge on any atom is -0.369 e. The fraction of sp³-hybridized carbons (Fsp3) is 0.615. The molecular weight excluding hydrogens is 264 g/mol. The van der Waals surface area contributed by atoms with Crippen LogP contribution in [0.1, 0.15) is 32.8 Å². The van der Waals surface area contributed by atoms with Crippen LogP contribution >= 0.6 is 11.6 Å². The average Bonchev–Trinajstić information content (AvgIpc) is 2.36. The molecule has 0 radical (unpaired) electrons. The Morgan fingerprint density at radius 2 is 2.16 bits per heavy atom. The van der Waals surface area contributed by atoms with Crippen molar-refractivity contribution >= 4 is 23.3 Å².